The number of carbonyl (C=O) groups is 1. The first kappa shape index (κ1) is 19.4. The zero-order valence-corrected chi connectivity index (χ0v) is 17.3. The smallest absolute Gasteiger partial charge is 0.242 e. The van der Waals surface area contributed by atoms with Crippen LogP contribution in [0, 0.1) is 0 Å². The van der Waals surface area contributed by atoms with Crippen LogP contribution in [-0.4, -0.2) is 58.1 Å². The number of aromatic amines is 1. The number of benzene rings is 2. The molecule has 1 amide bonds. The fourth-order valence-corrected chi connectivity index (χ4v) is 4.45. The number of amides is 1. The van der Waals surface area contributed by atoms with Crippen LogP contribution in [-0.2, 0) is 14.8 Å². The fourth-order valence-electron chi connectivity index (χ4n) is 2.79. The number of rotatable bonds is 6. The minimum absolute atomic E-state index is 0.143. The fraction of sp³-hybridized carbons (Fsp3) is 0.167. The molecular formula is C18H18N6O3S2. The lowest BCUT2D eigenvalue weighted by Crippen LogP contribution is -2.22. The molecule has 150 valence electrons. The molecule has 2 aromatic heterocycles. The van der Waals surface area contributed by atoms with Gasteiger partial charge in [-0.15, -0.1) is 5.10 Å². The first-order valence-electron chi connectivity index (χ1n) is 8.63. The summed E-state index contributed by atoms with van der Waals surface area (Å²) in [5, 5.41) is 10.5. The van der Waals surface area contributed by atoms with Crippen molar-refractivity contribution < 1.29 is 13.2 Å². The number of thioether (sulfide) groups is 1. The molecule has 11 heteroatoms. The SMILES string of the molecule is CN(C)S(=O)(=O)c1ccc(NC(=O)CSc2n[nH]c3nc4ccccc4n23)cc1. The lowest BCUT2D eigenvalue weighted by atomic mass is 10.3. The zero-order valence-electron chi connectivity index (χ0n) is 15.7. The summed E-state index contributed by atoms with van der Waals surface area (Å²) in [5.41, 5.74) is 2.28. The van der Waals surface area contributed by atoms with Gasteiger partial charge in [0.2, 0.25) is 21.7 Å². The predicted molar refractivity (Wildman–Crippen MR) is 112 cm³/mol. The third kappa shape index (κ3) is 3.71. The summed E-state index contributed by atoms with van der Waals surface area (Å²) in [6, 6.07) is 13.8. The summed E-state index contributed by atoms with van der Waals surface area (Å²) in [6.07, 6.45) is 0. The van der Waals surface area contributed by atoms with Crippen molar-refractivity contribution in [2.75, 3.05) is 25.2 Å². The van der Waals surface area contributed by atoms with E-state index in [1.54, 1.807) is 12.1 Å². The zero-order chi connectivity index (χ0) is 20.6. The predicted octanol–water partition coefficient (Wildman–Crippen LogP) is 2.19. The van der Waals surface area contributed by atoms with Gasteiger partial charge in [0.1, 0.15) is 0 Å². The van der Waals surface area contributed by atoms with Gasteiger partial charge in [0.25, 0.3) is 0 Å². The van der Waals surface area contributed by atoms with Crippen LogP contribution in [0.1, 0.15) is 0 Å². The Kier molecular flexibility index (Phi) is 5.03. The van der Waals surface area contributed by atoms with E-state index in [0.717, 1.165) is 15.3 Å². The Morgan fingerprint density at radius 2 is 1.90 bits per heavy atom. The van der Waals surface area contributed by atoms with Gasteiger partial charge in [0.05, 0.1) is 21.7 Å². The van der Waals surface area contributed by atoms with E-state index in [9.17, 15) is 13.2 Å². The number of sulfonamides is 1. The Balaban J connectivity index is 1.44. The Morgan fingerprint density at radius 1 is 1.17 bits per heavy atom. The average Bonchev–Trinajstić information content (AvgIpc) is 3.26. The van der Waals surface area contributed by atoms with E-state index in [0.29, 0.717) is 16.6 Å². The molecule has 2 N–H and O–H groups in total. The Labute approximate surface area is 171 Å². The first-order chi connectivity index (χ1) is 13.9. The average molecular weight is 431 g/mol. The molecule has 4 rings (SSSR count). The monoisotopic (exact) mass is 430 g/mol. The molecule has 0 radical (unpaired) electrons. The van der Waals surface area contributed by atoms with Gasteiger partial charge in [-0.2, -0.15) is 0 Å². The standard InChI is InChI=1S/C18H18N6O3S2/c1-23(2)29(26,27)13-9-7-12(8-10-13)19-16(25)11-28-18-22-21-17-20-14-5-3-4-6-15(14)24(17)18/h3-10H,11H2,1-2H3,(H,19,25)(H,20,21). The number of aromatic nitrogens is 4. The maximum Gasteiger partial charge on any atom is 0.242 e. The number of fused-ring (bicyclic) bond motifs is 3. The lowest BCUT2D eigenvalue weighted by molar-refractivity contribution is -0.113. The first-order valence-corrected chi connectivity index (χ1v) is 11.1. The van der Waals surface area contributed by atoms with Gasteiger partial charge >= 0.3 is 0 Å². The molecule has 0 unspecified atom stereocenters. The quantitative estimate of drug-likeness (QED) is 0.454. The van der Waals surface area contributed by atoms with Crippen LogP contribution in [0.15, 0.2) is 58.6 Å². The molecule has 2 aromatic carbocycles. The number of para-hydroxylation sites is 2. The number of anilines is 1. The molecule has 0 bridgehead atoms. The molecule has 0 aliphatic rings. The summed E-state index contributed by atoms with van der Waals surface area (Å²) < 4.78 is 27.2. The van der Waals surface area contributed by atoms with E-state index >= 15 is 0 Å². The van der Waals surface area contributed by atoms with Gasteiger partial charge < -0.3 is 5.32 Å². The number of nitrogens with one attached hydrogen (secondary N) is 2. The summed E-state index contributed by atoms with van der Waals surface area (Å²) in [5.74, 6) is 0.537. The van der Waals surface area contributed by atoms with E-state index in [-0.39, 0.29) is 16.6 Å². The van der Waals surface area contributed by atoms with Crippen LogP contribution in [0.5, 0.6) is 0 Å². The van der Waals surface area contributed by atoms with E-state index in [2.05, 4.69) is 20.5 Å². The van der Waals surface area contributed by atoms with Gasteiger partial charge in [-0.1, -0.05) is 23.9 Å². The van der Waals surface area contributed by atoms with Crippen LogP contribution >= 0.6 is 11.8 Å². The normalized spacial score (nSPS) is 12.1. The molecule has 0 atom stereocenters. The number of imidazole rings is 1. The molecule has 0 saturated carbocycles. The van der Waals surface area contributed by atoms with E-state index in [4.69, 9.17) is 0 Å². The summed E-state index contributed by atoms with van der Waals surface area (Å²) in [7, 11) is -0.559. The summed E-state index contributed by atoms with van der Waals surface area (Å²) in [6.45, 7) is 0. The van der Waals surface area contributed by atoms with Crippen LogP contribution < -0.4 is 5.32 Å². The Bertz CT molecular complexity index is 1290. The minimum Gasteiger partial charge on any atom is -0.325 e. The highest BCUT2D eigenvalue weighted by Crippen LogP contribution is 2.23. The number of carbonyl (C=O) groups excluding carboxylic acids is 1. The number of nitrogens with zero attached hydrogens (tertiary/aromatic N) is 4. The van der Waals surface area contributed by atoms with Crippen molar-refractivity contribution in [3.63, 3.8) is 0 Å². The second-order valence-electron chi connectivity index (χ2n) is 6.41. The molecule has 0 saturated heterocycles. The Morgan fingerprint density at radius 3 is 2.62 bits per heavy atom. The number of hydrogen-bond donors (Lipinski definition) is 2. The Hall–Kier alpha value is -2.89. The largest absolute Gasteiger partial charge is 0.325 e. The minimum atomic E-state index is -3.50. The van der Waals surface area contributed by atoms with E-state index in [1.165, 1.54) is 38.0 Å². The third-order valence-electron chi connectivity index (χ3n) is 4.25. The van der Waals surface area contributed by atoms with Crippen LogP contribution in [0.4, 0.5) is 5.69 Å². The van der Waals surface area contributed by atoms with Crippen LogP contribution in [0.3, 0.4) is 0 Å². The second kappa shape index (κ2) is 7.50. The van der Waals surface area contributed by atoms with Gasteiger partial charge in [-0.25, -0.2) is 22.8 Å². The lowest BCUT2D eigenvalue weighted by Gasteiger charge is -2.12. The van der Waals surface area contributed by atoms with Gasteiger partial charge in [-0.05, 0) is 36.4 Å². The molecule has 0 aliphatic heterocycles. The molecule has 0 aliphatic carbocycles. The molecule has 2 heterocycles. The summed E-state index contributed by atoms with van der Waals surface area (Å²) in [4.78, 5) is 16.9. The van der Waals surface area contributed by atoms with Crippen molar-refractivity contribution in [3.8, 4) is 0 Å². The highest BCUT2D eigenvalue weighted by Gasteiger charge is 2.17. The van der Waals surface area contributed by atoms with Crippen molar-refractivity contribution in [3.05, 3.63) is 48.5 Å². The maximum atomic E-state index is 12.3. The van der Waals surface area contributed by atoms with Gasteiger partial charge in [0.15, 0.2) is 5.16 Å². The van der Waals surface area contributed by atoms with Gasteiger partial charge in [-0.3, -0.25) is 9.20 Å². The van der Waals surface area contributed by atoms with E-state index in [1.807, 2.05) is 28.7 Å². The second-order valence-corrected chi connectivity index (χ2v) is 9.51. The highest BCUT2D eigenvalue weighted by atomic mass is 32.2. The van der Waals surface area contributed by atoms with Crippen molar-refractivity contribution in [2.45, 2.75) is 10.1 Å². The van der Waals surface area contributed by atoms with Crippen molar-refractivity contribution in [2.24, 2.45) is 0 Å². The van der Waals surface area contributed by atoms with Crippen molar-refractivity contribution in [1.82, 2.24) is 23.9 Å². The van der Waals surface area contributed by atoms with Crippen LogP contribution in [0.2, 0.25) is 0 Å². The summed E-state index contributed by atoms with van der Waals surface area (Å²) >= 11 is 1.28. The van der Waals surface area contributed by atoms with Crippen LogP contribution in [0.25, 0.3) is 16.8 Å². The van der Waals surface area contributed by atoms with Crippen molar-refractivity contribution in [1.29, 1.82) is 0 Å². The van der Waals surface area contributed by atoms with Gasteiger partial charge in [0, 0.05) is 19.8 Å². The number of hydrogen-bond acceptors (Lipinski definition) is 6. The maximum absolute atomic E-state index is 12.3. The molecule has 0 fully saturated rings. The van der Waals surface area contributed by atoms with E-state index < -0.39 is 10.0 Å². The molecule has 29 heavy (non-hydrogen) atoms. The highest BCUT2D eigenvalue weighted by molar-refractivity contribution is 7.99. The molecule has 4 aromatic rings. The molecule has 9 nitrogen and oxygen atoms in total. The topological polar surface area (TPSA) is 112 Å². The molecule has 0 spiro atoms. The third-order valence-corrected chi connectivity index (χ3v) is 7.02. The van der Waals surface area contributed by atoms with Crippen molar-refractivity contribution >= 4 is 50.2 Å². The number of H-pyrrole nitrogens is 1. The molecular weight excluding hydrogens is 412 g/mol.